The van der Waals surface area contributed by atoms with Crippen LogP contribution in [0.25, 0.3) is 0 Å². The summed E-state index contributed by atoms with van der Waals surface area (Å²) in [5.41, 5.74) is 0.390. The van der Waals surface area contributed by atoms with E-state index in [4.69, 9.17) is 4.99 Å². The van der Waals surface area contributed by atoms with Gasteiger partial charge in [-0.3, -0.25) is 9.89 Å². The maximum Gasteiger partial charge on any atom is 0.413 e. The summed E-state index contributed by atoms with van der Waals surface area (Å²) in [4.78, 5) is 18.4. The number of aliphatic imine (C=N–C) groups is 1. The van der Waals surface area contributed by atoms with Gasteiger partial charge in [-0.25, -0.2) is 4.79 Å². The standard InChI is InChI=1S/C18H23BrN2O2S/c1-17(2,3)21(16(22)23)15-20-18(9-5-7-13(18)11-24-15)12-6-4-8-14(19)10-12/h4,6,8,10,13H,5,7,9,11H2,1-3H3,(H,22,23)/t13-,18+/m0/s1. The third-order valence-electron chi connectivity index (χ3n) is 4.87. The van der Waals surface area contributed by atoms with E-state index in [1.54, 1.807) is 11.8 Å². The van der Waals surface area contributed by atoms with Crippen LogP contribution in [0.15, 0.2) is 33.7 Å². The van der Waals surface area contributed by atoms with Crippen LogP contribution in [0.4, 0.5) is 4.79 Å². The van der Waals surface area contributed by atoms with E-state index in [2.05, 4.69) is 28.1 Å². The SMILES string of the molecule is CC(C)(C)N(C(=O)O)C1=N[C@@]2(c3cccc(Br)c3)CCC[C@H]2CS1. The summed E-state index contributed by atoms with van der Waals surface area (Å²) < 4.78 is 1.04. The molecule has 0 radical (unpaired) electrons. The number of thioether (sulfide) groups is 1. The Labute approximate surface area is 155 Å². The van der Waals surface area contributed by atoms with Crippen molar-refractivity contribution >= 4 is 39.0 Å². The fourth-order valence-electron chi connectivity index (χ4n) is 3.78. The van der Waals surface area contributed by atoms with Crippen molar-refractivity contribution in [3.8, 4) is 0 Å². The summed E-state index contributed by atoms with van der Waals surface area (Å²) >= 11 is 5.15. The van der Waals surface area contributed by atoms with Gasteiger partial charge in [0.1, 0.15) is 0 Å². The van der Waals surface area contributed by atoms with E-state index in [1.807, 2.05) is 32.9 Å². The van der Waals surface area contributed by atoms with Gasteiger partial charge in [-0.2, -0.15) is 0 Å². The summed E-state index contributed by atoms with van der Waals surface area (Å²) in [6, 6.07) is 8.32. The number of nitrogens with zero attached hydrogens (tertiary/aromatic N) is 2. The van der Waals surface area contributed by atoms with E-state index in [0.717, 1.165) is 29.5 Å². The highest BCUT2D eigenvalue weighted by molar-refractivity contribution is 9.10. The van der Waals surface area contributed by atoms with Crippen molar-refractivity contribution in [1.82, 2.24) is 4.90 Å². The van der Waals surface area contributed by atoms with Crippen LogP contribution in [0.3, 0.4) is 0 Å². The first kappa shape index (κ1) is 17.8. The predicted octanol–water partition coefficient (Wildman–Crippen LogP) is 5.33. The van der Waals surface area contributed by atoms with E-state index >= 15 is 0 Å². The van der Waals surface area contributed by atoms with Crippen molar-refractivity contribution in [2.75, 3.05) is 5.75 Å². The second-order valence-corrected chi connectivity index (χ2v) is 9.42. The minimum absolute atomic E-state index is 0.288. The molecule has 1 N–H and O–H groups in total. The highest BCUT2D eigenvalue weighted by Gasteiger charge is 2.48. The van der Waals surface area contributed by atoms with Gasteiger partial charge in [0.2, 0.25) is 0 Å². The molecule has 24 heavy (non-hydrogen) atoms. The van der Waals surface area contributed by atoms with Gasteiger partial charge in [0.15, 0.2) is 5.17 Å². The number of rotatable bonds is 1. The lowest BCUT2D eigenvalue weighted by Gasteiger charge is -2.41. The molecule has 0 aromatic heterocycles. The summed E-state index contributed by atoms with van der Waals surface area (Å²) in [6.45, 7) is 5.74. The average molecular weight is 411 g/mol. The highest BCUT2D eigenvalue weighted by Crippen LogP contribution is 2.52. The predicted molar refractivity (Wildman–Crippen MR) is 103 cm³/mol. The number of fused-ring (bicyclic) bond motifs is 1. The van der Waals surface area contributed by atoms with Gasteiger partial charge in [-0.05, 0) is 57.2 Å². The van der Waals surface area contributed by atoms with Crippen molar-refractivity contribution in [2.45, 2.75) is 51.1 Å². The van der Waals surface area contributed by atoms with Crippen LogP contribution in [-0.2, 0) is 5.54 Å². The molecule has 0 bridgehead atoms. The third-order valence-corrected chi connectivity index (χ3v) is 6.47. The van der Waals surface area contributed by atoms with Gasteiger partial charge in [0.25, 0.3) is 0 Å². The van der Waals surface area contributed by atoms with Gasteiger partial charge < -0.3 is 5.11 Å². The lowest BCUT2D eigenvalue weighted by atomic mass is 9.82. The summed E-state index contributed by atoms with van der Waals surface area (Å²) in [5, 5.41) is 10.4. The topological polar surface area (TPSA) is 52.9 Å². The zero-order chi connectivity index (χ0) is 17.5. The Hall–Kier alpha value is -1.01. The number of carboxylic acid groups (broad SMARTS) is 1. The number of hydrogen-bond acceptors (Lipinski definition) is 3. The molecule has 1 aromatic rings. The molecule has 0 unspecified atom stereocenters. The summed E-state index contributed by atoms with van der Waals surface area (Å²) in [7, 11) is 0. The molecule has 3 rings (SSSR count). The van der Waals surface area contributed by atoms with Crippen LogP contribution >= 0.6 is 27.7 Å². The van der Waals surface area contributed by atoms with Crippen LogP contribution in [0.1, 0.15) is 45.6 Å². The molecule has 1 heterocycles. The fraction of sp³-hybridized carbons (Fsp3) is 0.556. The Morgan fingerprint density at radius 3 is 2.83 bits per heavy atom. The third kappa shape index (κ3) is 3.10. The number of carbonyl (C=O) groups is 1. The molecular weight excluding hydrogens is 388 g/mol. The van der Waals surface area contributed by atoms with Crippen LogP contribution in [0.2, 0.25) is 0 Å². The molecule has 6 heteroatoms. The number of benzene rings is 1. The molecule has 1 aliphatic carbocycles. The van der Waals surface area contributed by atoms with Crippen LogP contribution in [0, 0.1) is 5.92 Å². The Kier molecular flexibility index (Phi) is 4.73. The van der Waals surface area contributed by atoms with E-state index in [9.17, 15) is 9.90 Å². The molecule has 2 atom stereocenters. The lowest BCUT2D eigenvalue weighted by Crippen LogP contribution is -2.50. The van der Waals surface area contributed by atoms with E-state index in [1.165, 1.54) is 10.5 Å². The second-order valence-electron chi connectivity index (χ2n) is 7.52. The molecule has 1 fully saturated rings. The molecule has 130 valence electrons. The molecular formula is C18H23BrN2O2S. The quantitative estimate of drug-likeness (QED) is 0.680. The number of halogens is 1. The number of amidine groups is 1. The van der Waals surface area contributed by atoms with Gasteiger partial charge in [0, 0.05) is 15.8 Å². The average Bonchev–Trinajstić information content (AvgIpc) is 2.89. The van der Waals surface area contributed by atoms with E-state index in [-0.39, 0.29) is 5.54 Å². The maximum absolute atomic E-state index is 11.9. The molecule has 0 spiro atoms. The van der Waals surface area contributed by atoms with Gasteiger partial charge in [-0.15, -0.1) is 0 Å². The smallest absolute Gasteiger partial charge is 0.413 e. The van der Waals surface area contributed by atoms with Crippen LogP contribution in [0.5, 0.6) is 0 Å². The maximum atomic E-state index is 11.9. The molecule has 1 amide bonds. The van der Waals surface area contributed by atoms with Crippen molar-refractivity contribution < 1.29 is 9.90 Å². The molecule has 0 saturated heterocycles. The lowest BCUT2D eigenvalue weighted by molar-refractivity contribution is 0.141. The molecule has 1 aliphatic heterocycles. The van der Waals surface area contributed by atoms with E-state index < -0.39 is 11.6 Å². The minimum Gasteiger partial charge on any atom is -0.465 e. The first-order chi connectivity index (χ1) is 11.2. The Morgan fingerprint density at radius 1 is 1.46 bits per heavy atom. The fourth-order valence-corrected chi connectivity index (χ4v) is 5.68. The Balaban J connectivity index is 2.10. The first-order valence-electron chi connectivity index (χ1n) is 8.26. The Bertz CT molecular complexity index is 686. The van der Waals surface area contributed by atoms with Crippen molar-refractivity contribution in [2.24, 2.45) is 10.9 Å². The minimum atomic E-state index is -0.936. The number of amides is 1. The largest absolute Gasteiger partial charge is 0.465 e. The number of hydrogen-bond donors (Lipinski definition) is 1. The normalized spacial score (nSPS) is 26.7. The molecule has 2 aliphatic rings. The molecule has 1 saturated carbocycles. The van der Waals surface area contributed by atoms with Crippen molar-refractivity contribution in [3.63, 3.8) is 0 Å². The summed E-state index contributed by atoms with van der Waals surface area (Å²) in [6.07, 6.45) is 2.33. The first-order valence-corrected chi connectivity index (χ1v) is 10.0. The van der Waals surface area contributed by atoms with Crippen molar-refractivity contribution in [3.05, 3.63) is 34.3 Å². The summed E-state index contributed by atoms with van der Waals surface area (Å²) in [5.74, 6) is 1.39. The van der Waals surface area contributed by atoms with E-state index in [0.29, 0.717) is 11.1 Å². The molecule has 1 aromatic carbocycles. The highest BCUT2D eigenvalue weighted by atomic mass is 79.9. The second kappa shape index (κ2) is 6.37. The van der Waals surface area contributed by atoms with Crippen molar-refractivity contribution in [1.29, 1.82) is 0 Å². The monoisotopic (exact) mass is 410 g/mol. The molecule has 4 nitrogen and oxygen atoms in total. The Morgan fingerprint density at radius 2 is 2.21 bits per heavy atom. The zero-order valence-corrected chi connectivity index (χ0v) is 16.7. The van der Waals surface area contributed by atoms with Gasteiger partial charge in [-0.1, -0.05) is 46.2 Å². The zero-order valence-electron chi connectivity index (χ0n) is 14.3. The van der Waals surface area contributed by atoms with Gasteiger partial charge in [0.05, 0.1) is 5.54 Å². The van der Waals surface area contributed by atoms with Crippen LogP contribution < -0.4 is 0 Å². The van der Waals surface area contributed by atoms with Gasteiger partial charge >= 0.3 is 6.09 Å². The van der Waals surface area contributed by atoms with Crippen LogP contribution in [-0.4, -0.2) is 32.6 Å².